The van der Waals surface area contributed by atoms with Gasteiger partial charge in [-0.3, -0.25) is 4.79 Å². The minimum Gasteiger partial charge on any atom is -0.491 e. The van der Waals surface area contributed by atoms with Crippen molar-refractivity contribution in [3.63, 3.8) is 0 Å². The van der Waals surface area contributed by atoms with Crippen molar-refractivity contribution in [2.75, 3.05) is 13.7 Å². The highest BCUT2D eigenvalue weighted by Gasteiger charge is 2.07. The molecule has 0 spiro atoms. The van der Waals surface area contributed by atoms with Gasteiger partial charge in [-0.15, -0.1) is 0 Å². The topological polar surface area (TPSA) is 58.6 Å². The van der Waals surface area contributed by atoms with Crippen LogP contribution in [0, 0.1) is 0 Å². The lowest BCUT2D eigenvalue weighted by atomic mass is 10.1. The molecular formula is C12H16ClNO3. The van der Waals surface area contributed by atoms with E-state index in [1.807, 2.05) is 0 Å². The van der Waals surface area contributed by atoms with Crippen molar-refractivity contribution in [1.29, 1.82) is 0 Å². The van der Waals surface area contributed by atoms with Crippen molar-refractivity contribution < 1.29 is 14.6 Å². The fraction of sp³-hybridized carbons (Fsp3) is 0.417. The van der Waals surface area contributed by atoms with Gasteiger partial charge in [-0.25, -0.2) is 0 Å². The van der Waals surface area contributed by atoms with Crippen LogP contribution in [0.5, 0.6) is 5.75 Å². The smallest absolute Gasteiger partial charge is 0.223 e. The monoisotopic (exact) mass is 257 g/mol. The first kappa shape index (κ1) is 13.8. The molecule has 4 nitrogen and oxygen atoms in total. The highest BCUT2D eigenvalue weighted by molar-refractivity contribution is 6.32. The van der Waals surface area contributed by atoms with Crippen LogP contribution in [0.2, 0.25) is 5.02 Å². The first-order chi connectivity index (χ1) is 8.04. The average Bonchev–Trinajstić information content (AvgIpc) is 2.30. The number of aliphatic hydroxyl groups is 1. The molecule has 1 rings (SSSR count). The number of halogens is 1. The predicted molar refractivity (Wildman–Crippen MR) is 66.3 cm³/mol. The molecule has 1 aromatic carbocycles. The van der Waals surface area contributed by atoms with Gasteiger partial charge in [0.1, 0.15) is 5.75 Å². The molecule has 0 saturated heterocycles. The van der Waals surface area contributed by atoms with E-state index in [1.165, 1.54) is 0 Å². The van der Waals surface area contributed by atoms with Gasteiger partial charge in [0.15, 0.2) is 0 Å². The van der Waals surface area contributed by atoms with Crippen molar-refractivity contribution in [3.8, 4) is 5.75 Å². The Labute approximate surface area is 106 Å². The van der Waals surface area contributed by atoms with Crippen molar-refractivity contribution >= 4 is 17.5 Å². The fourth-order valence-electron chi connectivity index (χ4n) is 1.27. The van der Waals surface area contributed by atoms with E-state index >= 15 is 0 Å². The summed E-state index contributed by atoms with van der Waals surface area (Å²) in [5.74, 6) is 0.432. The van der Waals surface area contributed by atoms with Gasteiger partial charge in [-0.2, -0.15) is 0 Å². The second-order valence-corrected chi connectivity index (χ2v) is 4.04. The van der Waals surface area contributed by atoms with E-state index in [1.54, 1.807) is 32.2 Å². The largest absolute Gasteiger partial charge is 0.491 e. The SMILES string of the molecule is CNC(=O)CCOc1ccc([C@H](C)O)cc1Cl. The van der Waals surface area contributed by atoms with Gasteiger partial charge in [-0.05, 0) is 24.6 Å². The van der Waals surface area contributed by atoms with Crippen LogP contribution in [0.1, 0.15) is 25.0 Å². The molecule has 1 atom stereocenters. The van der Waals surface area contributed by atoms with Crippen LogP contribution in [-0.2, 0) is 4.79 Å². The lowest BCUT2D eigenvalue weighted by Gasteiger charge is -2.10. The molecule has 0 aliphatic heterocycles. The number of ether oxygens (including phenoxy) is 1. The van der Waals surface area contributed by atoms with Gasteiger partial charge >= 0.3 is 0 Å². The van der Waals surface area contributed by atoms with Gasteiger partial charge in [0.2, 0.25) is 5.91 Å². The average molecular weight is 258 g/mol. The zero-order chi connectivity index (χ0) is 12.8. The van der Waals surface area contributed by atoms with Crippen LogP contribution >= 0.6 is 11.6 Å². The van der Waals surface area contributed by atoms with Crippen LogP contribution < -0.4 is 10.1 Å². The Morgan fingerprint density at radius 3 is 2.82 bits per heavy atom. The molecule has 0 heterocycles. The Bertz CT molecular complexity index is 393. The standard InChI is InChI=1S/C12H16ClNO3/c1-8(15)9-3-4-11(10(13)7-9)17-6-5-12(16)14-2/h3-4,7-8,15H,5-6H2,1-2H3,(H,14,16)/t8-/m0/s1. The zero-order valence-corrected chi connectivity index (χ0v) is 10.6. The van der Waals surface area contributed by atoms with Gasteiger partial charge < -0.3 is 15.2 Å². The molecule has 0 radical (unpaired) electrons. The van der Waals surface area contributed by atoms with Crippen LogP contribution in [0.3, 0.4) is 0 Å². The molecule has 0 saturated carbocycles. The molecule has 0 aliphatic rings. The molecule has 0 unspecified atom stereocenters. The van der Waals surface area contributed by atoms with E-state index in [4.69, 9.17) is 16.3 Å². The van der Waals surface area contributed by atoms with E-state index in [2.05, 4.69) is 5.32 Å². The second kappa shape index (κ2) is 6.47. The molecule has 5 heteroatoms. The summed E-state index contributed by atoms with van der Waals surface area (Å²) in [6.07, 6.45) is -0.280. The Morgan fingerprint density at radius 2 is 2.29 bits per heavy atom. The van der Waals surface area contributed by atoms with Gasteiger partial charge in [0.05, 0.1) is 24.2 Å². The number of rotatable bonds is 5. The molecule has 1 aromatic rings. The highest BCUT2D eigenvalue weighted by Crippen LogP contribution is 2.27. The lowest BCUT2D eigenvalue weighted by molar-refractivity contribution is -0.121. The summed E-state index contributed by atoms with van der Waals surface area (Å²) in [6.45, 7) is 1.94. The molecular weight excluding hydrogens is 242 g/mol. The normalized spacial score (nSPS) is 12.0. The van der Waals surface area contributed by atoms with E-state index in [-0.39, 0.29) is 18.9 Å². The maximum atomic E-state index is 11.0. The first-order valence-corrected chi connectivity index (χ1v) is 5.73. The van der Waals surface area contributed by atoms with Crippen molar-refractivity contribution in [2.24, 2.45) is 0 Å². The molecule has 17 heavy (non-hydrogen) atoms. The molecule has 94 valence electrons. The summed E-state index contributed by atoms with van der Waals surface area (Å²) < 4.78 is 5.37. The molecule has 2 N–H and O–H groups in total. The molecule has 0 aromatic heterocycles. The number of carbonyl (C=O) groups is 1. The summed E-state index contributed by atoms with van der Waals surface area (Å²) in [5, 5.41) is 12.3. The third-order valence-electron chi connectivity index (χ3n) is 2.30. The Kier molecular flexibility index (Phi) is 5.25. The maximum absolute atomic E-state index is 11.0. The predicted octanol–water partition coefficient (Wildman–Crippen LogP) is 1.91. The van der Waals surface area contributed by atoms with Crippen molar-refractivity contribution in [1.82, 2.24) is 5.32 Å². The maximum Gasteiger partial charge on any atom is 0.223 e. The minimum absolute atomic E-state index is 0.0817. The Morgan fingerprint density at radius 1 is 1.59 bits per heavy atom. The third-order valence-corrected chi connectivity index (χ3v) is 2.60. The van der Waals surface area contributed by atoms with E-state index in [0.29, 0.717) is 10.8 Å². The highest BCUT2D eigenvalue weighted by atomic mass is 35.5. The van der Waals surface area contributed by atoms with Gasteiger partial charge in [0, 0.05) is 7.05 Å². The van der Waals surface area contributed by atoms with E-state index in [0.717, 1.165) is 5.56 Å². The van der Waals surface area contributed by atoms with E-state index in [9.17, 15) is 9.90 Å². The summed E-state index contributed by atoms with van der Waals surface area (Å²) in [4.78, 5) is 11.0. The molecule has 0 aliphatic carbocycles. The van der Waals surface area contributed by atoms with Crippen LogP contribution in [0.15, 0.2) is 18.2 Å². The number of hydrogen-bond acceptors (Lipinski definition) is 3. The molecule has 0 bridgehead atoms. The summed E-state index contributed by atoms with van der Waals surface area (Å²) in [7, 11) is 1.58. The molecule has 1 amide bonds. The second-order valence-electron chi connectivity index (χ2n) is 3.64. The first-order valence-electron chi connectivity index (χ1n) is 5.35. The number of hydrogen-bond donors (Lipinski definition) is 2. The van der Waals surface area contributed by atoms with Crippen molar-refractivity contribution in [3.05, 3.63) is 28.8 Å². The Balaban J connectivity index is 2.57. The summed E-state index contributed by atoms with van der Waals surface area (Å²) >= 11 is 5.99. The van der Waals surface area contributed by atoms with Gasteiger partial charge in [0.25, 0.3) is 0 Å². The summed E-state index contributed by atoms with van der Waals surface area (Å²) in [6, 6.07) is 5.08. The van der Waals surface area contributed by atoms with Crippen LogP contribution in [0.4, 0.5) is 0 Å². The number of carbonyl (C=O) groups excluding carboxylic acids is 1. The van der Waals surface area contributed by atoms with Gasteiger partial charge in [-0.1, -0.05) is 17.7 Å². The number of amides is 1. The zero-order valence-electron chi connectivity index (χ0n) is 9.87. The number of benzene rings is 1. The quantitative estimate of drug-likeness (QED) is 0.847. The van der Waals surface area contributed by atoms with Crippen molar-refractivity contribution in [2.45, 2.75) is 19.4 Å². The Hall–Kier alpha value is -1.26. The molecule has 0 fully saturated rings. The summed E-state index contributed by atoms with van der Waals surface area (Å²) in [5.41, 5.74) is 0.730. The minimum atomic E-state index is -0.563. The van der Waals surface area contributed by atoms with Crippen LogP contribution in [0.25, 0.3) is 0 Å². The number of aliphatic hydroxyl groups excluding tert-OH is 1. The third kappa shape index (κ3) is 4.24. The number of nitrogens with one attached hydrogen (secondary N) is 1. The fourth-order valence-corrected chi connectivity index (χ4v) is 1.52. The van der Waals surface area contributed by atoms with Crippen LogP contribution in [-0.4, -0.2) is 24.7 Å². The van der Waals surface area contributed by atoms with E-state index < -0.39 is 6.10 Å². The lowest BCUT2D eigenvalue weighted by Crippen LogP contribution is -2.20.